The maximum Gasteiger partial charge on any atom is 0.134 e. The third-order valence-corrected chi connectivity index (χ3v) is 4.68. The highest BCUT2D eigenvalue weighted by atomic mass is 32.1. The molecule has 0 unspecified atom stereocenters. The molecule has 3 aromatic rings. The normalized spacial score (nSPS) is 10.9. The smallest absolute Gasteiger partial charge is 0.134 e. The van der Waals surface area contributed by atoms with E-state index in [-0.39, 0.29) is 0 Å². The number of hydrogen-bond donors (Lipinski definition) is 1. The number of aromatic nitrogens is 1. The van der Waals surface area contributed by atoms with Gasteiger partial charge < -0.3 is 15.0 Å². The number of methoxy groups -OCH3 is 1. The summed E-state index contributed by atoms with van der Waals surface area (Å²) in [6.45, 7) is 1.40. The topological polar surface area (TPSA) is 37.4 Å². The zero-order chi connectivity index (χ0) is 16.2. The van der Waals surface area contributed by atoms with Crippen LogP contribution in [0.1, 0.15) is 0 Å². The lowest BCUT2D eigenvalue weighted by molar-refractivity contribution is 0.210. The van der Waals surface area contributed by atoms with Crippen LogP contribution in [-0.4, -0.2) is 39.3 Å². The molecule has 2 aromatic heterocycles. The Balaban J connectivity index is 2.12. The summed E-state index contributed by atoms with van der Waals surface area (Å²) in [4.78, 5) is 8.00. The van der Waals surface area contributed by atoms with Crippen LogP contribution >= 0.6 is 11.3 Å². The van der Waals surface area contributed by atoms with Gasteiger partial charge in [-0.15, -0.1) is 11.3 Å². The summed E-state index contributed by atoms with van der Waals surface area (Å²) < 4.78 is 5.12. The van der Waals surface area contributed by atoms with Gasteiger partial charge in [0.15, 0.2) is 0 Å². The van der Waals surface area contributed by atoms with Crippen molar-refractivity contribution in [3.63, 3.8) is 0 Å². The van der Waals surface area contributed by atoms with E-state index in [2.05, 4.69) is 65.0 Å². The quantitative estimate of drug-likeness (QED) is 0.692. The first kappa shape index (κ1) is 15.8. The van der Waals surface area contributed by atoms with Gasteiger partial charge in [0, 0.05) is 55.5 Å². The summed E-state index contributed by atoms with van der Waals surface area (Å²) in [5.74, 6) is 0.904. The summed E-state index contributed by atoms with van der Waals surface area (Å²) in [7, 11) is 5.81. The average molecular weight is 327 g/mol. The predicted octanol–water partition coefficient (Wildman–Crippen LogP) is 4.09. The van der Waals surface area contributed by atoms with E-state index in [1.165, 1.54) is 15.8 Å². The monoisotopic (exact) mass is 327 g/mol. The molecular formula is C18H21N3OS. The molecule has 120 valence electrons. The Morgan fingerprint density at radius 3 is 2.78 bits per heavy atom. The number of ether oxygens (including phenoxy) is 1. The van der Waals surface area contributed by atoms with Crippen molar-refractivity contribution in [3.8, 4) is 10.4 Å². The van der Waals surface area contributed by atoms with Crippen molar-refractivity contribution >= 4 is 33.6 Å². The lowest BCUT2D eigenvalue weighted by atomic mass is 10.0. The number of rotatable bonds is 6. The summed E-state index contributed by atoms with van der Waals surface area (Å²) >= 11 is 1.74. The maximum absolute atomic E-state index is 5.12. The number of nitrogens with zero attached hydrogens (tertiary/aromatic N) is 2. The second-order valence-electron chi connectivity index (χ2n) is 5.54. The largest absolute Gasteiger partial charge is 0.383 e. The van der Waals surface area contributed by atoms with Gasteiger partial charge in [-0.05, 0) is 29.0 Å². The third-order valence-electron chi connectivity index (χ3n) is 3.77. The number of hydrogen-bond acceptors (Lipinski definition) is 5. The fourth-order valence-corrected chi connectivity index (χ4v) is 3.30. The second-order valence-corrected chi connectivity index (χ2v) is 6.49. The number of benzene rings is 1. The number of thiophene rings is 1. The average Bonchev–Trinajstić information content (AvgIpc) is 3.09. The molecule has 3 rings (SSSR count). The van der Waals surface area contributed by atoms with Gasteiger partial charge >= 0.3 is 0 Å². The fourth-order valence-electron chi connectivity index (χ4n) is 2.55. The molecule has 2 heterocycles. The SMILES string of the molecule is COCCNc1ncc(-c2cccs2)c2ccc(N(C)C)cc12. The molecule has 0 aliphatic rings. The first-order chi connectivity index (χ1) is 11.2. The Morgan fingerprint density at radius 2 is 2.09 bits per heavy atom. The second kappa shape index (κ2) is 6.98. The van der Waals surface area contributed by atoms with E-state index < -0.39 is 0 Å². The fraction of sp³-hybridized carbons (Fsp3) is 0.278. The Hall–Kier alpha value is -2.11. The zero-order valence-electron chi connectivity index (χ0n) is 13.7. The van der Waals surface area contributed by atoms with E-state index in [1.54, 1.807) is 18.4 Å². The van der Waals surface area contributed by atoms with Crippen LogP contribution < -0.4 is 10.2 Å². The van der Waals surface area contributed by atoms with Gasteiger partial charge in [-0.25, -0.2) is 4.98 Å². The van der Waals surface area contributed by atoms with Gasteiger partial charge in [0.05, 0.1) is 6.61 Å². The van der Waals surface area contributed by atoms with E-state index in [4.69, 9.17) is 4.74 Å². The Kier molecular flexibility index (Phi) is 4.79. The molecule has 0 saturated heterocycles. The van der Waals surface area contributed by atoms with Crippen molar-refractivity contribution in [2.75, 3.05) is 44.6 Å². The molecule has 0 spiro atoms. The van der Waals surface area contributed by atoms with Crippen LogP contribution in [0.25, 0.3) is 21.2 Å². The molecular weight excluding hydrogens is 306 g/mol. The number of anilines is 2. The van der Waals surface area contributed by atoms with Gasteiger partial charge in [0.25, 0.3) is 0 Å². The van der Waals surface area contributed by atoms with Gasteiger partial charge in [-0.1, -0.05) is 12.1 Å². The van der Waals surface area contributed by atoms with Crippen molar-refractivity contribution in [3.05, 3.63) is 41.9 Å². The van der Waals surface area contributed by atoms with Crippen LogP contribution in [0.5, 0.6) is 0 Å². The Morgan fingerprint density at radius 1 is 1.22 bits per heavy atom. The van der Waals surface area contributed by atoms with Crippen molar-refractivity contribution in [1.82, 2.24) is 4.98 Å². The highest BCUT2D eigenvalue weighted by Gasteiger charge is 2.11. The third kappa shape index (κ3) is 3.30. The molecule has 0 bridgehead atoms. The zero-order valence-corrected chi connectivity index (χ0v) is 14.5. The number of fused-ring (bicyclic) bond motifs is 1. The lowest BCUT2D eigenvalue weighted by Gasteiger charge is -2.16. The Labute approximate surface area is 140 Å². The molecule has 5 heteroatoms. The van der Waals surface area contributed by atoms with Crippen LogP contribution in [0.4, 0.5) is 11.5 Å². The van der Waals surface area contributed by atoms with Gasteiger partial charge in [0.2, 0.25) is 0 Å². The van der Waals surface area contributed by atoms with Crippen molar-refractivity contribution < 1.29 is 4.74 Å². The maximum atomic E-state index is 5.12. The van der Waals surface area contributed by atoms with Gasteiger partial charge in [0.1, 0.15) is 5.82 Å². The molecule has 0 aliphatic carbocycles. The number of pyridine rings is 1. The van der Waals surface area contributed by atoms with E-state index in [9.17, 15) is 0 Å². The van der Waals surface area contributed by atoms with Crippen LogP contribution in [0.3, 0.4) is 0 Å². The molecule has 1 N–H and O–H groups in total. The Bertz CT molecular complexity index is 784. The molecule has 0 amide bonds. The van der Waals surface area contributed by atoms with Gasteiger partial charge in [-0.3, -0.25) is 0 Å². The van der Waals surface area contributed by atoms with Crippen molar-refractivity contribution in [1.29, 1.82) is 0 Å². The minimum absolute atomic E-state index is 0.656. The molecule has 1 aromatic carbocycles. The first-order valence-corrected chi connectivity index (χ1v) is 8.45. The van der Waals surface area contributed by atoms with E-state index in [0.717, 1.165) is 23.4 Å². The summed E-state index contributed by atoms with van der Waals surface area (Å²) in [5, 5.41) is 7.83. The first-order valence-electron chi connectivity index (χ1n) is 7.57. The highest BCUT2D eigenvalue weighted by molar-refractivity contribution is 7.13. The van der Waals surface area contributed by atoms with Crippen molar-refractivity contribution in [2.24, 2.45) is 0 Å². The molecule has 0 aliphatic heterocycles. The van der Waals surface area contributed by atoms with Crippen LogP contribution in [0.15, 0.2) is 41.9 Å². The van der Waals surface area contributed by atoms with Crippen LogP contribution in [0.2, 0.25) is 0 Å². The summed E-state index contributed by atoms with van der Waals surface area (Å²) in [5.41, 5.74) is 2.34. The molecule has 0 atom stereocenters. The standard InChI is InChI=1S/C18H21N3OS/c1-21(2)13-6-7-14-15(11-13)18(19-8-9-22-3)20-12-16(14)17-5-4-10-23-17/h4-7,10-12H,8-9H2,1-3H3,(H,19,20). The molecule has 0 radical (unpaired) electrons. The summed E-state index contributed by atoms with van der Waals surface area (Å²) in [6.07, 6.45) is 1.96. The molecule has 4 nitrogen and oxygen atoms in total. The van der Waals surface area contributed by atoms with Gasteiger partial charge in [-0.2, -0.15) is 0 Å². The highest BCUT2D eigenvalue weighted by Crippen LogP contribution is 2.35. The molecule has 0 saturated carbocycles. The van der Waals surface area contributed by atoms with Crippen LogP contribution in [0, 0.1) is 0 Å². The van der Waals surface area contributed by atoms with Crippen LogP contribution in [-0.2, 0) is 4.74 Å². The molecule has 0 fully saturated rings. The minimum Gasteiger partial charge on any atom is -0.383 e. The number of nitrogens with one attached hydrogen (secondary N) is 1. The predicted molar refractivity (Wildman–Crippen MR) is 99.7 cm³/mol. The van der Waals surface area contributed by atoms with Crippen molar-refractivity contribution in [2.45, 2.75) is 0 Å². The van der Waals surface area contributed by atoms with E-state index in [0.29, 0.717) is 6.61 Å². The van der Waals surface area contributed by atoms with E-state index >= 15 is 0 Å². The summed E-state index contributed by atoms with van der Waals surface area (Å²) in [6, 6.07) is 10.7. The van der Waals surface area contributed by atoms with E-state index in [1.807, 2.05) is 6.20 Å². The minimum atomic E-state index is 0.656. The lowest BCUT2D eigenvalue weighted by Crippen LogP contribution is -2.10. The molecule has 23 heavy (non-hydrogen) atoms.